The number of hydrogen-bond donors (Lipinski definition) is 1. The molecule has 0 aliphatic carbocycles. The van der Waals surface area contributed by atoms with Crippen molar-refractivity contribution in [2.24, 2.45) is 0 Å². The minimum atomic E-state index is -0.546. The van der Waals surface area contributed by atoms with Crippen molar-refractivity contribution >= 4 is 29.3 Å². The van der Waals surface area contributed by atoms with E-state index in [0.717, 1.165) is 22.1 Å². The summed E-state index contributed by atoms with van der Waals surface area (Å²) in [6.45, 7) is 0.512. The molecule has 122 valence electrons. The number of ether oxygens (including phenoxy) is 1. The predicted molar refractivity (Wildman–Crippen MR) is 92.9 cm³/mol. The standard InChI is InChI=1S/C17H17ClFNO2S/c1-22-16-6-5-13(10-15(16)19)17(21)20-7-8-23-11-12-3-2-4-14(18)9-12/h2-6,9-10H,7-8,11H2,1H3,(H,20,21). The van der Waals surface area contributed by atoms with Crippen LogP contribution in [0.15, 0.2) is 42.5 Å². The molecule has 0 aromatic heterocycles. The molecule has 0 heterocycles. The van der Waals surface area contributed by atoms with Crippen LogP contribution in [0.25, 0.3) is 0 Å². The van der Waals surface area contributed by atoms with Crippen molar-refractivity contribution < 1.29 is 13.9 Å². The number of rotatable bonds is 7. The highest BCUT2D eigenvalue weighted by molar-refractivity contribution is 7.98. The monoisotopic (exact) mass is 353 g/mol. The van der Waals surface area contributed by atoms with Crippen LogP contribution in [0.2, 0.25) is 5.02 Å². The molecule has 0 atom stereocenters. The smallest absolute Gasteiger partial charge is 0.251 e. The number of carbonyl (C=O) groups excluding carboxylic acids is 1. The van der Waals surface area contributed by atoms with Gasteiger partial charge in [-0.05, 0) is 35.9 Å². The number of halogens is 2. The molecule has 1 amide bonds. The van der Waals surface area contributed by atoms with Crippen molar-refractivity contribution in [3.05, 3.63) is 64.4 Å². The quantitative estimate of drug-likeness (QED) is 0.760. The van der Waals surface area contributed by atoms with Crippen LogP contribution in [0.3, 0.4) is 0 Å². The van der Waals surface area contributed by atoms with E-state index in [1.807, 2.05) is 24.3 Å². The predicted octanol–water partition coefficient (Wildman–Crippen LogP) is 4.15. The Labute approximate surface area is 144 Å². The zero-order valence-corrected chi connectivity index (χ0v) is 14.2. The zero-order valence-electron chi connectivity index (χ0n) is 12.6. The number of amides is 1. The fourth-order valence-corrected chi connectivity index (χ4v) is 2.98. The lowest BCUT2D eigenvalue weighted by Crippen LogP contribution is -2.25. The molecule has 0 saturated carbocycles. The summed E-state index contributed by atoms with van der Waals surface area (Å²) < 4.78 is 18.4. The Kier molecular flexibility index (Phi) is 6.74. The van der Waals surface area contributed by atoms with Crippen molar-refractivity contribution in [2.45, 2.75) is 5.75 Å². The minimum Gasteiger partial charge on any atom is -0.494 e. The van der Waals surface area contributed by atoms with E-state index in [1.54, 1.807) is 11.8 Å². The first-order chi connectivity index (χ1) is 11.1. The summed E-state index contributed by atoms with van der Waals surface area (Å²) in [5, 5.41) is 3.49. The van der Waals surface area contributed by atoms with Crippen molar-refractivity contribution in [1.82, 2.24) is 5.32 Å². The minimum absolute atomic E-state index is 0.124. The third-order valence-corrected chi connectivity index (χ3v) is 4.37. The van der Waals surface area contributed by atoms with Gasteiger partial charge in [0.1, 0.15) is 0 Å². The SMILES string of the molecule is COc1ccc(C(=O)NCCSCc2cccc(Cl)c2)cc1F. The van der Waals surface area contributed by atoms with E-state index in [2.05, 4.69) is 5.32 Å². The van der Waals surface area contributed by atoms with E-state index < -0.39 is 5.82 Å². The third-order valence-electron chi connectivity index (χ3n) is 3.10. The van der Waals surface area contributed by atoms with Crippen molar-refractivity contribution in [3.8, 4) is 5.75 Å². The summed E-state index contributed by atoms with van der Waals surface area (Å²) in [6, 6.07) is 11.8. The number of thioether (sulfide) groups is 1. The Balaban J connectivity index is 1.73. The Morgan fingerprint density at radius 3 is 2.83 bits per heavy atom. The molecule has 6 heteroatoms. The van der Waals surface area contributed by atoms with Gasteiger partial charge in [0, 0.05) is 28.6 Å². The fraction of sp³-hybridized carbons (Fsp3) is 0.235. The molecule has 0 spiro atoms. The van der Waals surface area contributed by atoms with E-state index >= 15 is 0 Å². The van der Waals surface area contributed by atoms with Gasteiger partial charge >= 0.3 is 0 Å². The summed E-state index contributed by atoms with van der Waals surface area (Å²) in [7, 11) is 1.38. The van der Waals surface area contributed by atoms with Crippen LogP contribution in [0, 0.1) is 5.82 Å². The van der Waals surface area contributed by atoms with Crippen LogP contribution in [0.4, 0.5) is 4.39 Å². The van der Waals surface area contributed by atoms with Gasteiger partial charge in [-0.2, -0.15) is 11.8 Å². The van der Waals surface area contributed by atoms with Crippen LogP contribution in [-0.4, -0.2) is 25.3 Å². The zero-order chi connectivity index (χ0) is 16.7. The van der Waals surface area contributed by atoms with Gasteiger partial charge in [-0.3, -0.25) is 4.79 Å². The molecule has 23 heavy (non-hydrogen) atoms. The second kappa shape index (κ2) is 8.79. The molecule has 1 N–H and O–H groups in total. The maximum absolute atomic E-state index is 13.6. The van der Waals surface area contributed by atoms with Gasteiger partial charge < -0.3 is 10.1 Å². The molecule has 2 aromatic rings. The lowest BCUT2D eigenvalue weighted by atomic mass is 10.2. The molecule has 3 nitrogen and oxygen atoms in total. The molecule has 2 aromatic carbocycles. The van der Waals surface area contributed by atoms with E-state index in [4.69, 9.17) is 16.3 Å². The molecule has 0 fully saturated rings. The first-order valence-electron chi connectivity index (χ1n) is 7.04. The third kappa shape index (κ3) is 5.44. The first kappa shape index (κ1) is 17.6. The summed E-state index contributed by atoms with van der Waals surface area (Å²) in [6.07, 6.45) is 0. The second-order valence-corrected chi connectivity index (χ2v) is 6.33. The van der Waals surface area contributed by atoms with Gasteiger partial charge in [-0.1, -0.05) is 23.7 Å². The Morgan fingerprint density at radius 1 is 1.30 bits per heavy atom. The lowest BCUT2D eigenvalue weighted by Gasteiger charge is -2.07. The Bertz CT molecular complexity index is 681. The van der Waals surface area contributed by atoms with Crippen LogP contribution in [-0.2, 0) is 5.75 Å². The van der Waals surface area contributed by atoms with Crippen LogP contribution < -0.4 is 10.1 Å². The lowest BCUT2D eigenvalue weighted by molar-refractivity contribution is 0.0955. The summed E-state index contributed by atoms with van der Waals surface area (Å²) >= 11 is 7.62. The number of methoxy groups -OCH3 is 1. The number of nitrogens with one attached hydrogen (secondary N) is 1. The first-order valence-corrected chi connectivity index (χ1v) is 8.57. The molecule has 2 rings (SSSR count). The normalized spacial score (nSPS) is 10.4. The van der Waals surface area contributed by atoms with Crippen LogP contribution in [0.5, 0.6) is 5.75 Å². The second-order valence-electron chi connectivity index (χ2n) is 4.79. The van der Waals surface area contributed by atoms with Crippen LogP contribution >= 0.6 is 23.4 Å². The molecule has 0 aliphatic heterocycles. The highest BCUT2D eigenvalue weighted by Crippen LogP contribution is 2.18. The molecular weight excluding hydrogens is 337 g/mol. The van der Waals surface area contributed by atoms with Gasteiger partial charge in [0.15, 0.2) is 11.6 Å². The number of carbonyl (C=O) groups is 1. The maximum atomic E-state index is 13.6. The van der Waals surface area contributed by atoms with Gasteiger partial charge in [0.25, 0.3) is 5.91 Å². The average Bonchev–Trinajstić information content (AvgIpc) is 2.54. The summed E-state index contributed by atoms with van der Waals surface area (Å²) in [5.41, 5.74) is 1.43. The van der Waals surface area contributed by atoms with Gasteiger partial charge in [-0.25, -0.2) is 4.39 Å². The van der Waals surface area contributed by atoms with E-state index in [0.29, 0.717) is 6.54 Å². The molecule has 0 radical (unpaired) electrons. The topological polar surface area (TPSA) is 38.3 Å². The fourth-order valence-electron chi connectivity index (χ4n) is 1.96. The van der Waals surface area contributed by atoms with E-state index in [-0.39, 0.29) is 17.2 Å². The van der Waals surface area contributed by atoms with Crippen molar-refractivity contribution in [2.75, 3.05) is 19.4 Å². The van der Waals surface area contributed by atoms with Crippen LogP contribution in [0.1, 0.15) is 15.9 Å². The Hall–Kier alpha value is -1.72. The summed E-state index contributed by atoms with van der Waals surface area (Å²) in [5.74, 6) is 0.869. The molecule has 0 bridgehead atoms. The molecule has 0 aliphatic rings. The highest BCUT2D eigenvalue weighted by Gasteiger charge is 2.09. The van der Waals surface area contributed by atoms with Gasteiger partial charge in [0.2, 0.25) is 0 Å². The highest BCUT2D eigenvalue weighted by atomic mass is 35.5. The van der Waals surface area contributed by atoms with Gasteiger partial charge in [-0.15, -0.1) is 0 Å². The maximum Gasteiger partial charge on any atom is 0.251 e. The van der Waals surface area contributed by atoms with E-state index in [1.165, 1.54) is 25.3 Å². The number of benzene rings is 2. The Morgan fingerprint density at radius 2 is 2.13 bits per heavy atom. The average molecular weight is 354 g/mol. The van der Waals surface area contributed by atoms with E-state index in [9.17, 15) is 9.18 Å². The molecule has 0 saturated heterocycles. The van der Waals surface area contributed by atoms with Gasteiger partial charge in [0.05, 0.1) is 7.11 Å². The van der Waals surface area contributed by atoms with Crippen molar-refractivity contribution in [1.29, 1.82) is 0 Å². The number of hydrogen-bond acceptors (Lipinski definition) is 3. The van der Waals surface area contributed by atoms with Crippen molar-refractivity contribution in [3.63, 3.8) is 0 Å². The molecule has 0 unspecified atom stereocenters. The largest absolute Gasteiger partial charge is 0.494 e. The molecular formula is C17H17ClFNO2S. The summed E-state index contributed by atoms with van der Waals surface area (Å²) in [4.78, 5) is 11.9.